The molecule has 0 bridgehead atoms. The minimum absolute atomic E-state index is 0.261. The van der Waals surface area contributed by atoms with E-state index in [1.165, 1.54) is 5.56 Å². The molecule has 3 fully saturated rings. The number of imide groups is 1. The summed E-state index contributed by atoms with van der Waals surface area (Å²) >= 11 is 1.65. The summed E-state index contributed by atoms with van der Waals surface area (Å²) in [6.07, 6.45) is 4.69. The summed E-state index contributed by atoms with van der Waals surface area (Å²) in [6, 6.07) is 15.7. The first-order chi connectivity index (χ1) is 20.8. The average molecular weight is 693 g/mol. The van der Waals surface area contributed by atoms with Crippen molar-refractivity contribution in [1.29, 1.82) is 0 Å². The first-order valence-corrected chi connectivity index (χ1v) is 15.8. The highest BCUT2D eigenvalue weighted by molar-refractivity contribution is 14.1. The molecule has 0 saturated carbocycles. The highest BCUT2D eigenvalue weighted by Gasteiger charge is 2.70. The van der Waals surface area contributed by atoms with Crippen LogP contribution in [-0.2, 0) is 26.5 Å². The number of benzene rings is 2. The molecule has 3 aliphatic rings. The summed E-state index contributed by atoms with van der Waals surface area (Å²) in [7, 11) is 0. The zero-order valence-electron chi connectivity index (χ0n) is 24.5. The maximum atomic E-state index is 16.1. The molecule has 2 radical (unpaired) electrons. The Morgan fingerprint density at radius 1 is 1.14 bits per heavy atom. The van der Waals surface area contributed by atoms with Crippen LogP contribution >= 0.6 is 22.4 Å². The zero-order valence-corrected chi connectivity index (χ0v) is 26.7. The van der Waals surface area contributed by atoms with Crippen LogP contribution in [0.25, 0.3) is 22.2 Å². The number of halogens is 2. The number of H-pyrrole nitrogens is 1. The lowest BCUT2D eigenvalue weighted by Gasteiger charge is -2.33. The number of carbonyl (C=O) groups excluding carboxylic acids is 2. The van der Waals surface area contributed by atoms with Gasteiger partial charge in [0.2, 0.25) is 11.8 Å². The normalized spacial score (nSPS) is 24.6. The highest BCUT2D eigenvalue weighted by atomic mass is 127. The zero-order chi connectivity index (χ0) is 30.8. The molecule has 2 N–H and O–H groups in total. The van der Waals surface area contributed by atoms with E-state index in [4.69, 9.17) is 4.74 Å². The van der Waals surface area contributed by atoms with Crippen LogP contribution in [0.3, 0.4) is 0 Å². The topological polar surface area (TPSA) is 104 Å². The number of ether oxygens (including phenoxy) is 1. The second kappa shape index (κ2) is 12.8. The molecule has 11 heteroatoms. The molecule has 222 valence electrons. The van der Waals surface area contributed by atoms with Gasteiger partial charge in [-0.1, -0.05) is 44.2 Å². The van der Waals surface area contributed by atoms with Crippen LogP contribution in [0.2, 0.25) is 0 Å². The summed E-state index contributed by atoms with van der Waals surface area (Å²) in [5.41, 5.74) is 8.27. The number of piperidine rings is 2. The first-order valence-electron chi connectivity index (χ1n) is 14.5. The number of pyridine rings is 1. The molecule has 7 rings (SSSR count). The maximum Gasteiger partial charge on any atom is 0.234 e. The molecule has 43 heavy (non-hydrogen) atoms. The smallest absolute Gasteiger partial charge is 0.234 e. The van der Waals surface area contributed by atoms with Crippen LogP contribution in [0, 0.1) is 5.82 Å². The third-order valence-corrected chi connectivity index (χ3v) is 8.59. The number of fused-ring (bicyclic) bond motifs is 2. The highest BCUT2D eigenvalue weighted by Crippen LogP contribution is 2.61. The number of epoxide rings is 1. The van der Waals surface area contributed by atoms with Gasteiger partial charge in [0.25, 0.3) is 0 Å². The fourth-order valence-electron chi connectivity index (χ4n) is 6.42. The second-order valence-corrected chi connectivity index (χ2v) is 11.1. The van der Waals surface area contributed by atoms with E-state index in [0.717, 1.165) is 24.3 Å². The number of carbonyl (C=O) groups is 2. The van der Waals surface area contributed by atoms with E-state index < -0.39 is 17.1 Å². The van der Waals surface area contributed by atoms with Gasteiger partial charge in [-0.15, -0.1) is 0 Å². The summed E-state index contributed by atoms with van der Waals surface area (Å²) in [6.45, 7) is 8.32. The number of hydrogen-bond donors (Lipinski definition) is 2. The van der Waals surface area contributed by atoms with Gasteiger partial charge in [0.05, 0.1) is 17.1 Å². The summed E-state index contributed by atoms with van der Waals surface area (Å²) in [5.74, 6) is -1.50. The molecule has 3 unspecified atom stereocenters. The van der Waals surface area contributed by atoms with Crippen LogP contribution in [0.15, 0.2) is 60.9 Å². The van der Waals surface area contributed by atoms with E-state index in [1.807, 2.05) is 26.0 Å². The van der Waals surface area contributed by atoms with E-state index in [2.05, 4.69) is 62.3 Å². The van der Waals surface area contributed by atoms with Crippen LogP contribution in [0.4, 0.5) is 4.39 Å². The van der Waals surface area contributed by atoms with Gasteiger partial charge < -0.3 is 4.74 Å². The lowest BCUT2D eigenvalue weighted by Crippen LogP contribution is -2.44. The van der Waals surface area contributed by atoms with Crippen LogP contribution in [0.5, 0.6) is 0 Å². The Kier molecular flexibility index (Phi) is 9.33. The number of amides is 2. The average Bonchev–Trinajstić information content (AvgIpc) is 3.33. The molecule has 3 atom stereocenters. The van der Waals surface area contributed by atoms with Gasteiger partial charge in [-0.2, -0.15) is 27.5 Å². The number of nitrogens with one attached hydrogen (secondary N) is 2. The van der Waals surface area contributed by atoms with E-state index in [1.54, 1.807) is 46.9 Å². The molecule has 0 spiro atoms. The molecule has 2 aromatic carbocycles. The minimum atomic E-state index is -0.684. The largest absolute Gasteiger partial charge is 0.356 e. The third-order valence-electron chi connectivity index (χ3n) is 8.59. The van der Waals surface area contributed by atoms with E-state index in [9.17, 15) is 9.59 Å². The van der Waals surface area contributed by atoms with Gasteiger partial charge in [-0.25, -0.2) is 4.39 Å². The Bertz CT molecular complexity index is 1620. The molecular weight excluding hydrogens is 659 g/mol. The lowest BCUT2D eigenvalue weighted by molar-refractivity contribution is -0.134. The van der Waals surface area contributed by atoms with Crippen molar-refractivity contribution in [3.05, 3.63) is 83.4 Å². The molecule has 0 aliphatic carbocycles. The lowest BCUT2D eigenvalue weighted by atomic mass is 9.80. The van der Waals surface area contributed by atoms with Gasteiger partial charge in [-0.05, 0) is 54.7 Å². The van der Waals surface area contributed by atoms with Gasteiger partial charge >= 0.3 is 0 Å². The first kappa shape index (κ1) is 31.3. The number of hydrogen-bond acceptors (Lipinski definition) is 6. The number of likely N-dealkylation sites (tertiary alicyclic amines) is 1. The minimum Gasteiger partial charge on any atom is -0.356 e. The van der Waals surface area contributed by atoms with Crippen LogP contribution in [-0.4, -0.2) is 56.3 Å². The number of aromatic amines is 1. The Morgan fingerprint density at radius 3 is 2.58 bits per heavy atom. The van der Waals surface area contributed by atoms with Crippen LogP contribution in [0.1, 0.15) is 62.6 Å². The van der Waals surface area contributed by atoms with Crippen molar-refractivity contribution >= 4 is 50.8 Å². The Labute approximate surface area is 265 Å². The fraction of sp³-hybridized carbons (Fsp3) is 0.375. The van der Waals surface area contributed by atoms with Crippen molar-refractivity contribution in [2.24, 2.45) is 0 Å². The van der Waals surface area contributed by atoms with Crippen molar-refractivity contribution in [3.63, 3.8) is 0 Å². The Morgan fingerprint density at radius 2 is 1.91 bits per heavy atom. The van der Waals surface area contributed by atoms with Gasteiger partial charge in [-0.3, -0.25) is 29.9 Å². The van der Waals surface area contributed by atoms with Crippen molar-refractivity contribution in [2.75, 3.05) is 13.1 Å². The second-order valence-electron chi connectivity index (χ2n) is 11.1. The van der Waals surface area contributed by atoms with Gasteiger partial charge in [0, 0.05) is 49.4 Å². The molecule has 8 nitrogen and oxygen atoms in total. The molecule has 3 aliphatic heterocycles. The van der Waals surface area contributed by atoms with E-state index in [0.29, 0.717) is 41.4 Å². The third kappa shape index (κ3) is 5.86. The Balaban J connectivity index is 0.000000885. The van der Waals surface area contributed by atoms with E-state index in [-0.39, 0.29) is 24.1 Å². The van der Waals surface area contributed by atoms with Gasteiger partial charge in [0.15, 0.2) is 5.70 Å². The summed E-state index contributed by atoms with van der Waals surface area (Å²) in [5, 5.41) is 9.75. The predicted octanol–water partition coefficient (Wildman–Crippen LogP) is 5.71. The summed E-state index contributed by atoms with van der Waals surface area (Å²) < 4.78 is 22.5. The molecule has 2 aromatic heterocycles. The molecule has 4 aromatic rings. The quantitative estimate of drug-likeness (QED) is 0.120. The monoisotopic (exact) mass is 693 g/mol. The van der Waals surface area contributed by atoms with Crippen molar-refractivity contribution < 1.29 is 18.7 Å². The molecular formula is C32H34BFIN5O3. The number of nitrogens with zero attached hydrogens (tertiary/aromatic N) is 3. The fourth-order valence-corrected chi connectivity index (χ4v) is 6.42. The van der Waals surface area contributed by atoms with Crippen molar-refractivity contribution in [3.8, 4) is 11.3 Å². The van der Waals surface area contributed by atoms with Gasteiger partial charge in [0.1, 0.15) is 17.0 Å². The number of aromatic nitrogens is 3. The SMILES string of the molecule is CC.CC12CN(Cc3ccc(-c4ccn[nH]4)cc3)CCC1(c1ccc3ncc(C4CCC(=O)NC4=O)cc3c1F)O2.[B]I. The molecule has 5 heterocycles. The van der Waals surface area contributed by atoms with Crippen LogP contribution < -0.4 is 5.32 Å². The van der Waals surface area contributed by atoms with Crippen molar-refractivity contribution in [1.82, 2.24) is 25.4 Å². The number of rotatable bonds is 5. The molecule has 2 amide bonds. The summed E-state index contributed by atoms with van der Waals surface area (Å²) in [4.78, 5) is 30.7. The standard InChI is InChI=1S/C30H28FN5O3.C2H6.BI/c1-29-17-36(16-18-2-4-19(5-3-18)24-10-12-33-35-24)13-11-30(29,39-29)23-7-8-25-22(27(23)31)14-20(15-32-25)21-6-9-26(37)34-28(21)38;2*1-2/h2-5,7-8,10,12,14-15,21H,6,9,11,13,16-17H2,1H3,(H,33,35)(H,34,37,38);1-2H3;. The predicted molar refractivity (Wildman–Crippen MR) is 173 cm³/mol. The van der Waals surface area contributed by atoms with E-state index >= 15 is 4.39 Å². The Hall–Kier alpha value is -3.16. The van der Waals surface area contributed by atoms with Crippen molar-refractivity contribution in [2.45, 2.75) is 63.7 Å². The maximum absolute atomic E-state index is 16.1. The molecule has 3 saturated heterocycles.